The van der Waals surface area contributed by atoms with Gasteiger partial charge in [0.05, 0.1) is 12.1 Å². The van der Waals surface area contributed by atoms with E-state index < -0.39 is 5.60 Å². The summed E-state index contributed by atoms with van der Waals surface area (Å²) in [5, 5.41) is 12.8. The van der Waals surface area contributed by atoms with Gasteiger partial charge in [0.2, 0.25) is 5.91 Å². The Kier molecular flexibility index (Phi) is 4.45. The van der Waals surface area contributed by atoms with E-state index in [1.807, 2.05) is 30.0 Å². The van der Waals surface area contributed by atoms with Crippen molar-refractivity contribution in [3.8, 4) is 0 Å². The summed E-state index contributed by atoms with van der Waals surface area (Å²) in [6, 6.07) is 7.95. The zero-order chi connectivity index (χ0) is 14.8. The molecule has 0 saturated carbocycles. The number of nitrogens with zero attached hydrogens (tertiary/aromatic N) is 1. The standard InChI is InChI=1S/C16H24N2O2/c1-4-16(20)10-18(11-16)9-15(19)17-14-7-5-6-13(8-14)12(2)3/h5-8,12,20H,4,9-11H2,1-3H3,(H,17,19). The molecule has 1 aromatic carbocycles. The molecule has 0 aliphatic carbocycles. The van der Waals surface area contributed by atoms with Crippen molar-refractivity contribution in [2.45, 2.75) is 38.7 Å². The van der Waals surface area contributed by atoms with Crippen LogP contribution in [0.3, 0.4) is 0 Å². The Bertz CT molecular complexity index is 479. The van der Waals surface area contributed by atoms with Gasteiger partial charge in [-0.25, -0.2) is 0 Å². The first-order chi connectivity index (χ1) is 9.42. The molecule has 0 radical (unpaired) electrons. The number of hydrogen-bond donors (Lipinski definition) is 2. The van der Waals surface area contributed by atoms with Gasteiger partial charge in [-0.1, -0.05) is 32.9 Å². The van der Waals surface area contributed by atoms with Crippen LogP contribution in [0.5, 0.6) is 0 Å². The Morgan fingerprint density at radius 2 is 2.15 bits per heavy atom. The fourth-order valence-electron chi connectivity index (χ4n) is 2.50. The van der Waals surface area contributed by atoms with Crippen molar-refractivity contribution in [1.29, 1.82) is 0 Å². The van der Waals surface area contributed by atoms with Gasteiger partial charge in [-0.2, -0.15) is 0 Å². The molecule has 1 aliphatic rings. The number of aliphatic hydroxyl groups is 1. The molecule has 0 spiro atoms. The number of amides is 1. The Labute approximate surface area is 120 Å². The summed E-state index contributed by atoms with van der Waals surface area (Å²) in [4.78, 5) is 13.9. The predicted molar refractivity (Wildman–Crippen MR) is 80.8 cm³/mol. The molecule has 1 fully saturated rings. The molecule has 1 amide bonds. The molecule has 0 aromatic heterocycles. The van der Waals surface area contributed by atoms with E-state index in [-0.39, 0.29) is 5.91 Å². The van der Waals surface area contributed by atoms with Crippen LogP contribution in [0.4, 0.5) is 5.69 Å². The lowest BCUT2D eigenvalue weighted by molar-refractivity contribution is -0.128. The third kappa shape index (κ3) is 3.58. The Morgan fingerprint density at radius 3 is 2.75 bits per heavy atom. The van der Waals surface area contributed by atoms with Gasteiger partial charge in [-0.3, -0.25) is 9.69 Å². The molecule has 2 rings (SSSR count). The number of nitrogens with one attached hydrogen (secondary N) is 1. The third-order valence-electron chi connectivity index (χ3n) is 3.90. The van der Waals surface area contributed by atoms with Crippen LogP contribution < -0.4 is 5.32 Å². The molecule has 1 aromatic rings. The van der Waals surface area contributed by atoms with E-state index in [4.69, 9.17) is 0 Å². The second kappa shape index (κ2) is 5.94. The van der Waals surface area contributed by atoms with Gasteiger partial charge in [0.1, 0.15) is 0 Å². The molecule has 110 valence electrons. The van der Waals surface area contributed by atoms with E-state index in [0.717, 1.165) is 12.1 Å². The van der Waals surface area contributed by atoms with Crippen LogP contribution in [0.15, 0.2) is 24.3 Å². The number of carbonyl (C=O) groups is 1. The average Bonchev–Trinajstić information content (AvgIpc) is 2.36. The fraction of sp³-hybridized carbons (Fsp3) is 0.562. The summed E-state index contributed by atoms with van der Waals surface area (Å²) >= 11 is 0. The lowest BCUT2D eigenvalue weighted by Gasteiger charge is -2.45. The maximum atomic E-state index is 12.0. The van der Waals surface area contributed by atoms with Crippen molar-refractivity contribution < 1.29 is 9.90 Å². The SMILES string of the molecule is CCC1(O)CN(CC(=O)Nc2cccc(C(C)C)c2)C1. The quantitative estimate of drug-likeness (QED) is 0.867. The second-order valence-corrected chi connectivity index (χ2v) is 6.05. The van der Waals surface area contributed by atoms with Crippen molar-refractivity contribution in [2.75, 3.05) is 25.0 Å². The highest BCUT2D eigenvalue weighted by atomic mass is 16.3. The van der Waals surface area contributed by atoms with Crippen molar-refractivity contribution in [1.82, 2.24) is 4.90 Å². The van der Waals surface area contributed by atoms with E-state index in [0.29, 0.717) is 25.6 Å². The van der Waals surface area contributed by atoms with Gasteiger partial charge in [-0.05, 0) is 30.0 Å². The molecule has 0 unspecified atom stereocenters. The Balaban J connectivity index is 1.85. The van der Waals surface area contributed by atoms with E-state index >= 15 is 0 Å². The van der Waals surface area contributed by atoms with Gasteiger partial charge in [-0.15, -0.1) is 0 Å². The van der Waals surface area contributed by atoms with Gasteiger partial charge in [0, 0.05) is 18.8 Å². The average molecular weight is 276 g/mol. The van der Waals surface area contributed by atoms with Crippen LogP contribution in [0, 0.1) is 0 Å². The zero-order valence-corrected chi connectivity index (χ0v) is 12.5. The normalized spacial score (nSPS) is 17.9. The van der Waals surface area contributed by atoms with Gasteiger partial charge >= 0.3 is 0 Å². The number of hydrogen-bond acceptors (Lipinski definition) is 3. The van der Waals surface area contributed by atoms with Crippen LogP contribution in [0.25, 0.3) is 0 Å². The Morgan fingerprint density at radius 1 is 1.45 bits per heavy atom. The number of benzene rings is 1. The van der Waals surface area contributed by atoms with Crippen LogP contribution in [0.1, 0.15) is 38.7 Å². The predicted octanol–water partition coefficient (Wildman–Crippen LogP) is 2.21. The molecule has 2 N–H and O–H groups in total. The van der Waals surface area contributed by atoms with Gasteiger partial charge in [0.25, 0.3) is 0 Å². The molecule has 1 heterocycles. The summed E-state index contributed by atoms with van der Waals surface area (Å²) in [7, 11) is 0. The first-order valence-corrected chi connectivity index (χ1v) is 7.26. The molecule has 0 bridgehead atoms. The minimum atomic E-state index is -0.585. The van der Waals surface area contributed by atoms with Crippen LogP contribution >= 0.6 is 0 Å². The van der Waals surface area contributed by atoms with Gasteiger partial charge in [0.15, 0.2) is 0 Å². The number of likely N-dealkylation sites (tertiary alicyclic amines) is 1. The summed E-state index contributed by atoms with van der Waals surface area (Å²) in [6.07, 6.45) is 0.738. The maximum absolute atomic E-state index is 12.0. The monoisotopic (exact) mass is 276 g/mol. The Hall–Kier alpha value is -1.39. The lowest BCUT2D eigenvalue weighted by Crippen LogP contribution is -2.62. The summed E-state index contributed by atoms with van der Waals surface area (Å²) in [5.41, 5.74) is 1.47. The first kappa shape index (κ1) is 15.0. The van der Waals surface area contributed by atoms with Crippen LogP contribution in [-0.4, -0.2) is 41.1 Å². The maximum Gasteiger partial charge on any atom is 0.238 e. The molecule has 0 atom stereocenters. The fourth-order valence-corrected chi connectivity index (χ4v) is 2.50. The smallest absolute Gasteiger partial charge is 0.238 e. The van der Waals surface area contributed by atoms with E-state index in [1.54, 1.807) is 0 Å². The van der Waals surface area contributed by atoms with Gasteiger partial charge < -0.3 is 10.4 Å². The summed E-state index contributed by atoms with van der Waals surface area (Å²) < 4.78 is 0. The zero-order valence-electron chi connectivity index (χ0n) is 12.5. The number of anilines is 1. The van der Waals surface area contributed by atoms with Crippen molar-refractivity contribution in [3.63, 3.8) is 0 Å². The minimum Gasteiger partial charge on any atom is -0.387 e. The minimum absolute atomic E-state index is 0.0240. The van der Waals surface area contributed by atoms with Crippen molar-refractivity contribution in [3.05, 3.63) is 29.8 Å². The number of β-amino-alcohol motifs (C(OH)–C–C–N with tert-alkyl or cyclic N) is 1. The number of rotatable bonds is 5. The third-order valence-corrected chi connectivity index (χ3v) is 3.90. The van der Waals surface area contributed by atoms with E-state index in [1.165, 1.54) is 5.56 Å². The lowest BCUT2D eigenvalue weighted by atomic mass is 9.91. The molecule has 1 saturated heterocycles. The van der Waals surface area contributed by atoms with Crippen LogP contribution in [-0.2, 0) is 4.79 Å². The number of carbonyl (C=O) groups excluding carboxylic acids is 1. The van der Waals surface area contributed by atoms with E-state index in [2.05, 4.69) is 25.2 Å². The highest BCUT2D eigenvalue weighted by molar-refractivity contribution is 5.92. The largest absolute Gasteiger partial charge is 0.387 e. The topological polar surface area (TPSA) is 52.6 Å². The van der Waals surface area contributed by atoms with Crippen LogP contribution in [0.2, 0.25) is 0 Å². The van der Waals surface area contributed by atoms with Crippen molar-refractivity contribution in [2.24, 2.45) is 0 Å². The summed E-state index contributed by atoms with van der Waals surface area (Å²) in [6.45, 7) is 7.74. The van der Waals surface area contributed by atoms with E-state index in [9.17, 15) is 9.90 Å². The van der Waals surface area contributed by atoms with Crippen molar-refractivity contribution >= 4 is 11.6 Å². The first-order valence-electron chi connectivity index (χ1n) is 7.26. The molecule has 4 heteroatoms. The molecule has 1 aliphatic heterocycles. The second-order valence-electron chi connectivity index (χ2n) is 6.05. The molecular weight excluding hydrogens is 252 g/mol. The molecule has 4 nitrogen and oxygen atoms in total. The molecule has 20 heavy (non-hydrogen) atoms. The summed E-state index contributed by atoms with van der Waals surface area (Å²) in [5.74, 6) is 0.422. The highest BCUT2D eigenvalue weighted by Crippen LogP contribution is 2.23. The highest BCUT2D eigenvalue weighted by Gasteiger charge is 2.39. The molecular formula is C16H24N2O2.